The van der Waals surface area contributed by atoms with E-state index in [1.807, 2.05) is 30.5 Å². The molecule has 0 bridgehead atoms. The number of fused-ring (bicyclic) bond motifs is 1. The van der Waals surface area contributed by atoms with Crippen LogP contribution in [0.15, 0.2) is 53.6 Å². The van der Waals surface area contributed by atoms with Crippen molar-refractivity contribution < 1.29 is 9.84 Å². The highest BCUT2D eigenvalue weighted by Gasteiger charge is 2.31. The second kappa shape index (κ2) is 10.7. The maximum atomic E-state index is 12.7. The van der Waals surface area contributed by atoms with Crippen molar-refractivity contribution in [2.24, 2.45) is 18.9 Å². The Labute approximate surface area is 242 Å². The number of nitrogens with one attached hydrogen (secondary N) is 2. The molecule has 2 aromatic carbocycles. The van der Waals surface area contributed by atoms with E-state index >= 15 is 0 Å². The second-order valence-electron chi connectivity index (χ2n) is 12.7. The van der Waals surface area contributed by atoms with Gasteiger partial charge in [0, 0.05) is 54.7 Å². The summed E-state index contributed by atoms with van der Waals surface area (Å²) in [5.74, 6) is 3.12. The van der Waals surface area contributed by atoms with E-state index in [9.17, 15) is 9.90 Å². The molecule has 2 aliphatic heterocycles. The van der Waals surface area contributed by atoms with Crippen molar-refractivity contribution in [3.63, 3.8) is 0 Å². The standard InChI is InChI=1S/C34H42N4O3/c1-21-14-26(15-22(2)32(21)38-18-24(19-38)16-23-8-11-35-12-9-23)41-30-7-6-25(34(3,4)40)17-28(30)29-20-37(5)33(39)31-27(29)10-13-36-31/h6-7,10,13-15,17,20,23-24,35-36,40H,8-9,11-12,16,18-19H2,1-5H3. The van der Waals surface area contributed by atoms with Crippen molar-refractivity contribution in [2.45, 2.75) is 52.6 Å². The highest BCUT2D eigenvalue weighted by Crippen LogP contribution is 2.41. The molecule has 0 radical (unpaired) electrons. The fourth-order valence-electron chi connectivity index (χ4n) is 6.78. The van der Waals surface area contributed by atoms with Crippen molar-refractivity contribution in [1.29, 1.82) is 0 Å². The smallest absolute Gasteiger partial charge is 0.274 e. The molecule has 0 amide bonds. The lowest BCUT2D eigenvalue weighted by Gasteiger charge is -2.44. The van der Waals surface area contributed by atoms with Gasteiger partial charge in [-0.05, 0) is 119 Å². The van der Waals surface area contributed by atoms with Crippen LogP contribution in [-0.4, -0.2) is 40.8 Å². The fourth-order valence-corrected chi connectivity index (χ4v) is 6.78. The van der Waals surface area contributed by atoms with Gasteiger partial charge in [-0.1, -0.05) is 6.07 Å². The normalized spacial score (nSPS) is 16.8. The quantitative estimate of drug-likeness (QED) is 0.261. The third-order valence-electron chi connectivity index (χ3n) is 8.96. The molecule has 2 saturated heterocycles. The van der Waals surface area contributed by atoms with Crippen LogP contribution in [0.3, 0.4) is 0 Å². The monoisotopic (exact) mass is 554 g/mol. The van der Waals surface area contributed by atoms with Gasteiger partial charge in [-0.15, -0.1) is 0 Å². The number of nitrogens with zero attached hydrogens (tertiary/aromatic N) is 2. The summed E-state index contributed by atoms with van der Waals surface area (Å²) in [5.41, 5.74) is 5.66. The maximum Gasteiger partial charge on any atom is 0.274 e. The molecule has 0 unspecified atom stereocenters. The number of benzene rings is 2. The summed E-state index contributed by atoms with van der Waals surface area (Å²) in [4.78, 5) is 18.4. The van der Waals surface area contributed by atoms with E-state index in [2.05, 4.69) is 41.2 Å². The Morgan fingerprint density at radius 3 is 2.39 bits per heavy atom. The summed E-state index contributed by atoms with van der Waals surface area (Å²) in [7, 11) is 1.75. The zero-order chi connectivity index (χ0) is 28.9. The number of ether oxygens (including phenoxy) is 1. The number of pyridine rings is 1. The highest BCUT2D eigenvalue weighted by atomic mass is 16.5. The first-order valence-corrected chi connectivity index (χ1v) is 14.9. The summed E-state index contributed by atoms with van der Waals surface area (Å²) >= 11 is 0. The molecule has 0 aliphatic carbocycles. The van der Waals surface area contributed by atoms with Crippen molar-refractivity contribution in [1.82, 2.24) is 14.9 Å². The third-order valence-corrected chi connectivity index (χ3v) is 8.96. The van der Waals surface area contributed by atoms with E-state index in [1.165, 1.54) is 49.2 Å². The summed E-state index contributed by atoms with van der Waals surface area (Å²) in [6.45, 7) is 12.5. The van der Waals surface area contributed by atoms with Crippen LogP contribution in [0, 0.1) is 25.7 Å². The van der Waals surface area contributed by atoms with Crippen LogP contribution in [0.25, 0.3) is 22.0 Å². The predicted octanol–water partition coefficient (Wildman–Crippen LogP) is 6.00. The largest absolute Gasteiger partial charge is 0.457 e. The SMILES string of the molecule is Cc1cc(Oc2ccc(C(C)(C)O)cc2-c2cn(C)c(=O)c3[nH]ccc23)cc(C)c1N1CC(CC2CCNCC2)C1. The minimum Gasteiger partial charge on any atom is -0.457 e. The van der Waals surface area contributed by atoms with E-state index < -0.39 is 5.60 Å². The van der Waals surface area contributed by atoms with E-state index in [0.29, 0.717) is 11.3 Å². The lowest BCUT2D eigenvalue weighted by Crippen LogP contribution is -2.48. The van der Waals surface area contributed by atoms with Gasteiger partial charge in [0.25, 0.3) is 5.56 Å². The average molecular weight is 555 g/mol. The number of hydrogen-bond acceptors (Lipinski definition) is 5. The molecule has 3 N–H and O–H groups in total. The van der Waals surface area contributed by atoms with Crippen LogP contribution < -0.4 is 20.5 Å². The van der Waals surface area contributed by atoms with Crippen molar-refractivity contribution in [3.05, 3.63) is 75.8 Å². The van der Waals surface area contributed by atoms with Crippen LogP contribution in [0.5, 0.6) is 11.5 Å². The Bertz CT molecular complexity index is 1610. The summed E-state index contributed by atoms with van der Waals surface area (Å²) in [6, 6.07) is 12.0. The Hall–Kier alpha value is -3.55. The number of rotatable bonds is 7. The number of H-pyrrole nitrogens is 1. The van der Waals surface area contributed by atoms with Gasteiger partial charge in [-0.25, -0.2) is 0 Å². The molecule has 0 atom stereocenters. The maximum absolute atomic E-state index is 12.7. The van der Waals surface area contributed by atoms with E-state index in [-0.39, 0.29) is 5.56 Å². The van der Waals surface area contributed by atoms with Gasteiger partial charge in [0.05, 0.1) is 5.60 Å². The summed E-state index contributed by atoms with van der Waals surface area (Å²) < 4.78 is 8.18. The van der Waals surface area contributed by atoms with E-state index in [4.69, 9.17) is 4.74 Å². The molecule has 4 aromatic rings. The molecule has 0 spiro atoms. The van der Waals surface area contributed by atoms with Gasteiger partial charge in [0.1, 0.15) is 17.0 Å². The second-order valence-corrected chi connectivity index (χ2v) is 12.7. The number of aromatic nitrogens is 2. The zero-order valence-corrected chi connectivity index (χ0v) is 24.9. The van der Waals surface area contributed by atoms with Crippen LogP contribution >= 0.6 is 0 Å². The molecule has 7 heteroatoms. The Morgan fingerprint density at radius 2 is 1.71 bits per heavy atom. The first-order chi connectivity index (χ1) is 19.6. The van der Waals surface area contributed by atoms with Gasteiger partial charge in [-0.2, -0.15) is 0 Å². The lowest BCUT2D eigenvalue weighted by atomic mass is 9.83. The van der Waals surface area contributed by atoms with Crippen molar-refractivity contribution >= 4 is 16.6 Å². The molecular formula is C34H42N4O3. The van der Waals surface area contributed by atoms with E-state index in [0.717, 1.165) is 52.8 Å². The number of aliphatic hydroxyl groups is 1. The molecule has 0 saturated carbocycles. The van der Waals surface area contributed by atoms with Crippen LogP contribution in [-0.2, 0) is 12.6 Å². The minimum atomic E-state index is -1.02. The predicted molar refractivity (Wildman–Crippen MR) is 166 cm³/mol. The van der Waals surface area contributed by atoms with Crippen molar-refractivity contribution in [2.75, 3.05) is 31.1 Å². The first kappa shape index (κ1) is 27.6. The molecular weight excluding hydrogens is 512 g/mol. The van der Waals surface area contributed by atoms with E-state index in [1.54, 1.807) is 31.7 Å². The van der Waals surface area contributed by atoms with Gasteiger partial charge in [0.15, 0.2) is 0 Å². The average Bonchev–Trinajstić information content (AvgIpc) is 3.40. The Morgan fingerprint density at radius 1 is 1.00 bits per heavy atom. The summed E-state index contributed by atoms with van der Waals surface area (Å²) in [6.07, 6.45) is 7.61. The van der Waals surface area contributed by atoms with Gasteiger partial charge < -0.3 is 29.6 Å². The van der Waals surface area contributed by atoms with Gasteiger partial charge in [-0.3, -0.25) is 4.79 Å². The number of aryl methyl sites for hydroxylation is 3. The summed E-state index contributed by atoms with van der Waals surface area (Å²) in [5, 5.41) is 15.1. The minimum absolute atomic E-state index is 0.0827. The Kier molecular flexibility index (Phi) is 7.20. The number of aromatic amines is 1. The van der Waals surface area contributed by atoms with Gasteiger partial charge >= 0.3 is 0 Å². The van der Waals surface area contributed by atoms with Gasteiger partial charge in [0.2, 0.25) is 0 Å². The van der Waals surface area contributed by atoms with Crippen LogP contribution in [0.1, 0.15) is 49.8 Å². The Balaban J connectivity index is 1.29. The highest BCUT2D eigenvalue weighted by molar-refractivity contribution is 5.96. The molecule has 7 nitrogen and oxygen atoms in total. The van der Waals surface area contributed by atoms with Crippen molar-refractivity contribution in [3.8, 4) is 22.6 Å². The molecule has 6 rings (SSSR count). The lowest BCUT2D eigenvalue weighted by molar-refractivity contribution is 0.0786. The molecule has 2 fully saturated rings. The molecule has 41 heavy (non-hydrogen) atoms. The number of anilines is 1. The topological polar surface area (TPSA) is 82.5 Å². The molecule has 2 aliphatic rings. The van der Waals surface area contributed by atoms with Crippen LogP contribution in [0.2, 0.25) is 0 Å². The third kappa shape index (κ3) is 5.41. The first-order valence-electron chi connectivity index (χ1n) is 14.9. The molecule has 216 valence electrons. The zero-order valence-electron chi connectivity index (χ0n) is 24.9. The van der Waals surface area contributed by atoms with Crippen LogP contribution in [0.4, 0.5) is 5.69 Å². The number of hydrogen-bond donors (Lipinski definition) is 3. The number of piperidine rings is 1. The molecule has 2 aromatic heterocycles. The molecule has 4 heterocycles. The fraction of sp³-hybridized carbons (Fsp3) is 0.441.